The van der Waals surface area contributed by atoms with Crippen molar-refractivity contribution in [2.24, 2.45) is 0 Å². The van der Waals surface area contributed by atoms with Gasteiger partial charge in [0, 0.05) is 0 Å². The van der Waals surface area contributed by atoms with E-state index in [0.717, 1.165) is 0 Å². The van der Waals surface area contributed by atoms with Gasteiger partial charge >= 0.3 is 38.1 Å². The van der Waals surface area contributed by atoms with Crippen LogP contribution < -0.4 is 18.9 Å². The third-order valence-electron chi connectivity index (χ3n) is 0.183. The maximum Gasteiger partial charge on any atom is 1.00 e. The maximum absolute atomic E-state index is 9.10. The van der Waals surface area contributed by atoms with Gasteiger partial charge in [-0.15, -0.1) is 0 Å². The first kappa shape index (κ1) is 23.0. The molecule has 0 saturated carbocycles. The Labute approximate surface area is 91.3 Å². The van der Waals surface area contributed by atoms with E-state index >= 15 is 0 Å². The van der Waals surface area contributed by atoms with Crippen molar-refractivity contribution in [2.45, 2.75) is 0 Å². The van der Waals surface area contributed by atoms with Gasteiger partial charge in [-0.3, -0.25) is 6.38 Å². The SMILES string of the molecule is O=C(O)C(=O)O.OB(O)O.[CH2-]Cl.[Li+]. The zero-order valence-electron chi connectivity index (χ0n) is 6.71. The van der Waals surface area contributed by atoms with Gasteiger partial charge in [-0.05, 0) is 0 Å². The molecule has 0 aromatic carbocycles. The van der Waals surface area contributed by atoms with Crippen LogP contribution >= 0.6 is 11.6 Å². The van der Waals surface area contributed by atoms with Crippen LogP contribution in [0.25, 0.3) is 0 Å². The minimum absolute atomic E-state index is 0. The van der Waals surface area contributed by atoms with E-state index in [9.17, 15) is 0 Å². The van der Waals surface area contributed by atoms with E-state index in [0.29, 0.717) is 0 Å². The zero-order chi connectivity index (χ0) is 10.7. The molecule has 0 radical (unpaired) electrons. The molecule has 0 aromatic rings. The quantitative estimate of drug-likeness (QED) is 0.153. The van der Waals surface area contributed by atoms with E-state index in [1.54, 1.807) is 0 Å². The molecule has 0 rings (SSSR count). The van der Waals surface area contributed by atoms with Gasteiger partial charge in [0.05, 0.1) is 0 Å². The number of rotatable bonds is 0. The minimum Gasteiger partial charge on any atom is -0.473 e. The molecule has 0 atom stereocenters. The zero-order valence-corrected chi connectivity index (χ0v) is 7.47. The number of hydrogen-bond acceptors (Lipinski definition) is 5. The van der Waals surface area contributed by atoms with E-state index in [-0.39, 0.29) is 18.9 Å². The van der Waals surface area contributed by atoms with Gasteiger partial charge in [-0.2, -0.15) is 0 Å². The maximum atomic E-state index is 9.10. The molecule has 0 aromatic heterocycles. The number of aliphatic carboxylic acids is 2. The van der Waals surface area contributed by atoms with Crippen molar-refractivity contribution in [1.29, 1.82) is 0 Å². The van der Waals surface area contributed by atoms with Crippen LogP contribution in [0.1, 0.15) is 0 Å². The van der Waals surface area contributed by atoms with Crippen molar-refractivity contribution < 1.29 is 53.7 Å². The Balaban J connectivity index is -0.0000000512. The molecule has 0 bridgehead atoms. The fraction of sp³-hybridized carbons (Fsp3) is 0. The third kappa shape index (κ3) is 79.0. The van der Waals surface area contributed by atoms with E-state index in [1.165, 1.54) is 0 Å². The standard InChI is InChI=1S/C2H2O4.CH2Cl.BH3O3.Li/c3-1(4)2(5)6;1-2;2-1(3)4;/h(H,3,4)(H,5,6);1H2;2-4H;/q;-1;;+1. The second-order valence-corrected chi connectivity index (χ2v) is 0.957. The van der Waals surface area contributed by atoms with Gasteiger partial charge < -0.3 is 36.9 Å². The van der Waals surface area contributed by atoms with Crippen LogP contribution in [-0.4, -0.2) is 44.5 Å². The Morgan fingerprint density at radius 3 is 1.08 bits per heavy atom. The summed E-state index contributed by atoms with van der Waals surface area (Å²) in [6.45, 7) is 0. The second kappa shape index (κ2) is 17.8. The number of carboxylic acids is 2. The summed E-state index contributed by atoms with van der Waals surface area (Å²) in [5.74, 6) is -3.65. The van der Waals surface area contributed by atoms with E-state index in [2.05, 4.69) is 18.0 Å². The van der Waals surface area contributed by atoms with Crippen molar-refractivity contribution in [3.63, 3.8) is 0 Å². The van der Waals surface area contributed by atoms with Crippen molar-refractivity contribution in [3.8, 4) is 0 Å². The van der Waals surface area contributed by atoms with Crippen LogP contribution in [0.15, 0.2) is 0 Å². The molecule has 0 aliphatic heterocycles. The predicted molar refractivity (Wildman–Crippen MR) is 38.9 cm³/mol. The molecule has 0 saturated heterocycles. The monoisotopic (exact) mass is 208 g/mol. The summed E-state index contributed by atoms with van der Waals surface area (Å²) in [4.78, 5) is 18.2. The van der Waals surface area contributed by atoms with Gasteiger partial charge in [0.25, 0.3) is 0 Å². The fourth-order valence-corrected chi connectivity index (χ4v) is 0. The number of halogens is 1. The van der Waals surface area contributed by atoms with Gasteiger partial charge in [0.15, 0.2) is 0 Å². The Kier molecular flexibility index (Phi) is 31.4. The van der Waals surface area contributed by atoms with E-state index < -0.39 is 19.3 Å². The summed E-state index contributed by atoms with van der Waals surface area (Å²) in [6, 6.07) is 0. The van der Waals surface area contributed by atoms with Crippen molar-refractivity contribution >= 4 is 30.9 Å². The Hall–Kier alpha value is -0.228. The summed E-state index contributed by atoms with van der Waals surface area (Å²) in [6.07, 6.45) is 2.72. The first-order chi connectivity index (χ1) is 5.37. The first-order valence-electron chi connectivity index (χ1n) is 2.15. The molecule has 0 fully saturated rings. The number of carboxylic acid groups (broad SMARTS) is 2. The molecular formula is C3H7BClLiO7. The Bertz CT molecular complexity index is 116. The van der Waals surface area contributed by atoms with Crippen LogP contribution in [0.4, 0.5) is 0 Å². The van der Waals surface area contributed by atoms with Gasteiger partial charge in [-0.25, -0.2) is 9.59 Å². The third-order valence-corrected chi connectivity index (χ3v) is 0.183. The molecular weight excluding hydrogens is 201 g/mol. The number of carbonyl (C=O) groups is 2. The summed E-state index contributed by atoms with van der Waals surface area (Å²) in [5.41, 5.74) is 0. The summed E-state index contributed by atoms with van der Waals surface area (Å²) in [5, 5.41) is 36.3. The Morgan fingerprint density at radius 1 is 1.00 bits per heavy atom. The van der Waals surface area contributed by atoms with E-state index in [1.807, 2.05) is 0 Å². The number of hydrogen-bond donors (Lipinski definition) is 5. The van der Waals surface area contributed by atoms with Crippen LogP contribution in [-0.2, 0) is 9.59 Å². The average molecular weight is 208 g/mol. The van der Waals surface area contributed by atoms with E-state index in [4.69, 9.17) is 34.9 Å². The molecule has 5 N–H and O–H groups in total. The molecule has 0 unspecified atom stereocenters. The molecule has 72 valence electrons. The summed E-state index contributed by atoms with van der Waals surface area (Å²) >= 11 is 4.39. The fourth-order valence-electron chi connectivity index (χ4n) is 0. The topological polar surface area (TPSA) is 135 Å². The predicted octanol–water partition coefficient (Wildman–Crippen LogP) is -4.88. The van der Waals surface area contributed by atoms with Crippen LogP contribution in [0.2, 0.25) is 0 Å². The molecule has 0 heterocycles. The summed E-state index contributed by atoms with van der Waals surface area (Å²) < 4.78 is 0. The molecule has 7 nitrogen and oxygen atoms in total. The molecule has 0 spiro atoms. The van der Waals surface area contributed by atoms with Crippen LogP contribution in [0.3, 0.4) is 0 Å². The minimum atomic E-state index is -2.17. The van der Waals surface area contributed by atoms with Crippen molar-refractivity contribution in [1.82, 2.24) is 0 Å². The molecule has 10 heteroatoms. The first-order valence-corrected chi connectivity index (χ1v) is 2.68. The molecule has 0 aliphatic rings. The summed E-state index contributed by atoms with van der Waals surface area (Å²) in [7, 11) is -2.17. The smallest absolute Gasteiger partial charge is 0.473 e. The van der Waals surface area contributed by atoms with Crippen LogP contribution in [0, 0.1) is 6.38 Å². The van der Waals surface area contributed by atoms with Gasteiger partial charge in [0.1, 0.15) is 0 Å². The van der Waals surface area contributed by atoms with Gasteiger partial charge in [-0.1, -0.05) is 0 Å². The van der Waals surface area contributed by atoms with Gasteiger partial charge in [0.2, 0.25) is 0 Å². The second-order valence-electron chi connectivity index (χ2n) is 0.957. The van der Waals surface area contributed by atoms with Crippen LogP contribution in [0.5, 0.6) is 0 Å². The average Bonchev–Trinajstić information content (AvgIpc) is 1.90. The van der Waals surface area contributed by atoms with Crippen molar-refractivity contribution in [2.75, 3.05) is 0 Å². The largest absolute Gasteiger partial charge is 1.00 e. The van der Waals surface area contributed by atoms with Crippen molar-refractivity contribution in [3.05, 3.63) is 6.38 Å². The normalized spacial score (nSPS) is 5.92. The molecule has 0 aliphatic carbocycles. The molecule has 13 heavy (non-hydrogen) atoms. The molecule has 0 amide bonds. The Morgan fingerprint density at radius 2 is 1.08 bits per heavy atom.